The highest BCUT2D eigenvalue weighted by molar-refractivity contribution is 8.18. The minimum atomic E-state index is -0.480. The maximum absolute atomic E-state index is 14.1. The van der Waals surface area contributed by atoms with Crippen LogP contribution in [0.3, 0.4) is 0 Å². The molecule has 1 saturated carbocycles. The van der Waals surface area contributed by atoms with E-state index in [1.165, 1.54) is 12.5 Å². The lowest BCUT2D eigenvalue weighted by Crippen LogP contribution is -2.27. The van der Waals surface area contributed by atoms with Gasteiger partial charge in [-0.1, -0.05) is 37.5 Å². The maximum Gasteiger partial charge on any atom is 0.294 e. The topological polar surface area (TPSA) is 97.5 Å². The average Bonchev–Trinajstić information content (AvgIpc) is 3.34. The van der Waals surface area contributed by atoms with Crippen LogP contribution in [0.25, 0.3) is 11.8 Å². The number of nitro groups is 1. The van der Waals surface area contributed by atoms with E-state index in [0.717, 1.165) is 59.3 Å². The minimum Gasteiger partial charge on any atom is -0.377 e. The van der Waals surface area contributed by atoms with Gasteiger partial charge in [-0.15, -0.1) is 0 Å². The summed E-state index contributed by atoms with van der Waals surface area (Å²) < 4.78 is 16.0. The van der Waals surface area contributed by atoms with E-state index in [-0.39, 0.29) is 33.7 Å². The second kappa shape index (κ2) is 11.1. The Balaban J connectivity index is 1.41. The van der Waals surface area contributed by atoms with Crippen molar-refractivity contribution in [3.05, 3.63) is 91.9 Å². The second-order valence-corrected chi connectivity index (χ2v) is 11.0. The fourth-order valence-electron chi connectivity index (χ4n) is 5.30. The van der Waals surface area contributed by atoms with Gasteiger partial charge in [0.1, 0.15) is 11.5 Å². The zero-order valence-corrected chi connectivity index (χ0v) is 22.6. The van der Waals surface area contributed by atoms with Crippen LogP contribution in [-0.4, -0.2) is 31.6 Å². The summed E-state index contributed by atoms with van der Waals surface area (Å²) in [6.07, 6.45) is 7.10. The molecule has 2 aliphatic rings. The van der Waals surface area contributed by atoms with Crippen molar-refractivity contribution >= 4 is 40.4 Å². The van der Waals surface area contributed by atoms with Crippen LogP contribution in [0.15, 0.2) is 53.4 Å². The normalized spacial score (nSPS) is 17.3. The van der Waals surface area contributed by atoms with Crippen LogP contribution < -0.4 is 5.32 Å². The molecule has 0 spiro atoms. The molecule has 1 saturated heterocycles. The third kappa shape index (κ3) is 5.47. The number of nitrogens with one attached hydrogen (secondary N) is 1. The molecule has 0 radical (unpaired) electrons. The number of imide groups is 1. The number of thioether (sulfide) groups is 1. The number of halogens is 1. The van der Waals surface area contributed by atoms with E-state index in [9.17, 15) is 24.1 Å². The summed E-state index contributed by atoms with van der Waals surface area (Å²) in [6.45, 7) is 3.61. The first-order valence-corrected chi connectivity index (χ1v) is 13.8. The molecule has 1 N–H and O–H groups in total. The number of nitrogens with zero attached hydrogens (tertiary/aromatic N) is 3. The standard InChI is InChI=1S/C29H29FN4O4S/c1-18-14-21(15-27-28(35)32(29(36)39-27)17-20-8-6-7-11-24(20)30)19(2)33(18)23-12-13-25(26(16-23)34(37)38)31-22-9-4-3-5-10-22/h6-8,11-16,22,31H,3-5,9-10,17H2,1-2H3/b27-15-. The van der Waals surface area contributed by atoms with Crippen LogP contribution in [0, 0.1) is 29.8 Å². The van der Waals surface area contributed by atoms with Gasteiger partial charge >= 0.3 is 0 Å². The molecule has 39 heavy (non-hydrogen) atoms. The van der Waals surface area contributed by atoms with Crippen LogP contribution in [0.2, 0.25) is 0 Å². The summed E-state index contributed by atoms with van der Waals surface area (Å²) in [5.41, 5.74) is 3.75. The van der Waals surface area contributed by atoms with Crippen molar-refractivity contribution in [3.63, 3.8) is 0 Å². The number of carbonyl (C=O) groups excluding carboxylic acids is 2. The lowest BCUT2D eigenvalue weighted by molar-refractivity contribution is -0.384. The predicted molar refractivity (Wildman–Crippen MR) is 150 cm³/mol. The van der Waals surface area contributed by atoms with Crippen molar-refractivity contribution in [2.24, 2.45) is 0 Å². The molecule has 1 aliphatic carbocycles. The van der Waals surface area contributed by atoms with Gasteiger partial charge in [0.2, 0.25) is 0 Å². The fourth-order valence-corrected chi connectivity index (χ4v) is 6.13. The Hall–Kier alpha value is -3.92. The van der Waals surface area contributed by atoms with Gasteiger partial charge < -0.3 is 9.88 Å². The van der Waals surface area contributed by atoms with Crippen molar-refractivity contribution in [1.29, 1.82) is 0 Å². The van der Waals surface area contributed by atoms with Crippen molar-refractivity contribution in [1.82, 2.24) is 9.47 Å². The van der Waals surface area contributed by atoms with Crippen molar-refractivity contribution < 1.29 is 18.9 Å². The van der Waals surface area contributed by atoms with E-state index >= 15 is 0 Å². The third-order valence-corrected chi connectivity index (χ3v) is 8.23. The number of anilines is 1. The molecular weight excluding hydrogens is 519 g/mol. The van der Waals surface area contributed by atoms with Crippen LogP contribution in [0.4, 0.5) is 20.6 Å². The van der Waals surface area contributed by atoms with Crippen molar-refractivity contribution in [2.45, 2.75) is 58.5 Å². The monoisotopic (exact) mass is 548 g/mol. The number of aryl methyl sites for hydroxylation is 1. The largest absolute Gasteiger partial charge is 0.377 e. The quantitative estimate of drug-likeness (QED) is 0.192. The molecule has 1 aliphatic heterocycles. The molecule has 2 heterocycles. The van der Waals surface area contributed by atoms with E-state index in [0.29, 0.717) is 11.4 Å². The number of amides is 2. The second-order valence-electron chi connectivity index (χ2n) is 9.96. The highest BCUT2D eigenvalue weighted by Crippen LogP contribution is 2.36. The molecule has 8 nitrogen and oxygen atoms in total. The Morgan fingerprint density at radius 2 is 1.85 bits per heavy atom. The zero-order chi connectivity index (χ0) is 27.7. The summed E-state index contributed by atoms with van der Waals surface area (Å²) in [7, 11) is 0. The van der Waals surface area contributed by atoms with Crippen molar-refractivity contribution in [3.8, 4) is 5.69 Å². The number of benzene rings is 2. The molecule has 3 aromatic rings. The Morgan fingerprint density at radius 1 is 1.10 bits per heavy atom. The summed E-state index contributed by atoms with van der Waals surface area (Å²) in [5, 5.41) is 14.9. The number of hydrogen-bond acceptors (Lipinski definition) is 6. The van der Waals surface area contributed by atoms with Crippen LogP contribution in [0.5, 0.6) is 0 Å². The van der Waals surface area contributed by atoms with Gasteiger partial charge in [0.25, 0.3) is 16.8 Å². The maximum atomic E-state index is 14.1. The highest BCUT2D eigenvalue weighted by atomic mass is 32.2. The smallest absolute Gasteiger partial charge is 0.294 e. The third-order valence-electron chi connectivity index (χ3n) is 7.32. The first kappa shape index (κ1) is 26.7. The van der Waals surface area contributed by atoms with E-state index < -0.39 is 17.0 Å². The first-order chi connectivity index (χ1) is 18.7. The first-order valence-electron chi connectivity index (χ1n) is 13.0. The zero-order valence-electron chi connectivity index (χ0n) is 21.8. The summed E-state index contributed by atoms with van der Waals surface area (Å²) in [5.74, 6) is -0.954. The van der Waals surface area contributed by atoms with E-state index in [2.05, 4.69) is 5.32 Å². The SMILES string of the molecule is Cc1cc(/C=C2\SC(=O)N(Cc3ccccc3F)C2=O)c(C)n1-c1ccc(NC2CCCCC2)c([N+](=O)[O-])c1. The molecule has 0 unspecified atom stereocenters. The number of nitro benzene ring substituents is 1. The van der Waals surface area contributed by atoms with Crippen molar-refractivity contribution in [2.75, 3.05) is 5.32 Å². The summed E-state index contributed by atoms with van der Waals surface area (Å²) in [4.78, 5) is 38.5. The van der Waals surface area contributed by atoms with E-state index in [1.54, 1.807) is 36.4 Å². The molecule has 1 aromatic heterocycles. The van der Waals surface area contributed by atoms with Gasteiger partial charge in [0.15, 0.2) is 0 Å². The Bertz CT molecular complexity index is 1490. The Kier molecular flexibility index (Phi) is 7.56. The molecule has 5 rings (SSSR count). The van der Waals surface area contributed by atoms with Crippen LogP contribution in [0.1, 0.15) is 54.6 Å². The minimum absolute atomic E-state index is 0.0152. The lowest BCUT2D eigenvalue weighted by atomic mass is 9.95. The van der Waals surface area contributed by atoms with E-state index in [4.69, 9.17) is 0 Å². The van der Waals surface area contributed by atoms with Crippen LogP contribution in [-0.2, 0) is 11.3 Å². The lowest BCUT2D eigenvalue weighted by Gasteiger charge is -2.24. The van der Waals surface area contributed by atoms with E-state index in [1.807, 2.05) is 30.5 Å². The highest BCUT2D eigenvalue weighted by Gasteiger charge is 2.35. The molecule has 2 amide bonds. The van der Waals surface area contributed by atoms with Gasteiger partial charge in [-0.2, -0.15) is 0 Å². The average molecular weight is 549 g/mol. The van der Waals surface area contributed by atoms with Gasteiger partial charge in [-0.25, -0.2) is 4.39 Å². The fraction of sp³-hybridized carbons (Fsp3) is 0.310. The number of rotatable bonds is 7. The number of carbonyl (C=O) groups is 2. The molecule has 10 heteroatoms. The Morgan fingerprint density at radius 3 is 2.56 bits per heavy atom. The molecule has 202 valence electrons. The summed E-state index contributed by atoms with van der Waals surface area (Å²) >= 11 is 0.815. The molecule has 2 fully saturated rings. The Labute approximate surface area is 230 Å². The molecule has 0 bridgehead atoms. The van der Waals surface area contributed by atoms with Crippen LogP contribution >= 0.6 is 11.8 Å². The van der Waals surface area contributed by atoms with Gasteiger partial charge in [0, 0.05) is 29.1 Å². The number of hydrogen-bond donors (Lipinski definition) is 1. The molecule has 2 aromatic carbocycles. The van der Waals surface area contributed by atoms with Gasteiger partial charge in [-0.05, 0) is 74.4 Å². The predicted octanol–water partition coefficient (Wildman–Crippen LogP) is 7.12. The molecule has 0 atom stereocenters. The number of aromatic nitrogens is 1. The molecular formula is C29H29FN4O4S. The van der Waals surface area contributed by atoms with Gasteiger partial charge in [0.05, 0.1) is 22.1 Å². The van der Waals surface area contributed by atoms with Gasteiger partial charge in [-0.3, -0.25) is 24.6 Å². The summed E-state index contributed by atoms with van der Waals surface area (Å²) in [6, 6.07) is 13.3.